The van der Waals surface area contributed by atoms with E-state index in [0.29, 0.717) is 0 Å². The van der Waals surface area contributed by atoms with E-state index in [1.165, 1.54) is 11.1 Å². The second-order valence-corrected chi connectivity index (χ2v) is 4.90. The van der Waals surface area contributed by atoms with Crippen LogP contribution in [0.15, 0.2) is 24.3 Å². The van der Waals surface area contributed by atoms with E-state index in [1.807, 2.05) is 0 Å². The smallest absolute Gasteiger partial charge is 0.222 e. The van der Waals surface area contributed by atoms with Crippen LogP contribution in [-0.4, -0.2) is 18.5 Å². The lowest BCUT2D eigenvalue weighted by Crippen LogP contribution is -2.48. The largest absolute Gasteiger partial charge is 0.369 e. The van der Waals surface area contributed by atoms with Crippen LogP contribution in [0.2, 0.25) is 0 Å². The molecule has 1 saturated heterocycles. The van der Waals surface area contributed by atoms with Crippen molar-refractivity contribution >= 4 is 5.91 Å². The number of piperidine rings is 1. The molecule has 2 unspecified atom stereocenters. The molecule has 1 aliphatic rings. The van der Waals surface area contributed by atoms with Crippen LogP contribution in [0, 0.1) is 12.8 Å². The third kappa shape index (κ3) is 3.07. The van der Waals surface area contributed by atoms with Gasteiger partial charge in [-0.1, -0.05) is 29.8 Å². The average Bonchev–Trinajstić information content (AvgIpc) is 2.32. The molecule has 1 aliphatic heterocycles. The number of hydrogen-bond acceptors (Lipinski definition) is 2. The van der Waals surface area contributed by atoms with Crippen molar-refractivity contribution in [2.45, 2.75) is 32.2 Å². The zero-order valence-corrected chi connectivity index (χ0v) is 10.3. The van der Waals surface area contributed by atoms with Crippen molar-refractivity contribution in [2.24, 2.45) is 11.7 Å². The Kier molecular flexibility index (Phi) is 3.79. The second kappa shape index (κ2) is 5.32. The molecule has 0 bridgehead atoms. The van der Waals surface area contributed by atoms with E-state index < -0.39 is 0 Å². The molecule has 1 aromatic rings. The van der Waals surface area contributed by atoms with Crippen LogP contribution >= 0.6 is 0 Å². The van der Waals surface area contributed by atoms with E-state index in [2.05, 4.69) is 36.5 Å². The summed E-state index contributed by atoms with van der Waals surface area (Å²) in [5, 5.41) is 3.41. The summed E-state index contributed by atoms with van der Waals surface area (Å²) in [7, 11) is 0. The Morgan fingerprint density at radius 2 is 2.12 bits per heavy atom. The minimum absolute atomic E-state index is 0.0231. The Bertz CT molecular complexity index is 386. The van der Waals surface area contributed by atoms with Gasteiger partial charge in [-0.2, -0.15) is 0 Å². The quantitative estimate of drug-likeness (QED) is 0.827. The summed E-state index contributed by atoms with van der Waals surface area (Å²) in [5.74, 6) is -0.195. The summed E-state index contributed by atoms with van der Waals surface area (Å²) in [6, 6.07) is 8.67. The average molecular weight is 232 g/mol. The van der Waals surface area contributed by atoms with Gasteiger partial charge in [0.05, 0.1) is 5.92 Å². The molecule has 1 fully saturated rings. The molecular formula is C14H20N2O. The van der Waals surface area contributed by atoms with Crippen molar-refractivity contribution in [1.82, 2.24) is 5.32 Å². The summed E-state index contributed by atoms with van der Waals surface area (Å²) in [5.41, 5.74) is 7.98. The number of carbonyl (C=O) groups excluding carboxylic acids is 1. The van der Waals surface area contributed by atoms with Gasteiger partial charge in [-0.3, -0.25) is 4.79 Å². The van der Waals surface area contributed by atoms with E-state index in [1.54, 1.807) is 0 Å². The molecule has 2 atom stereocenters. The van der Waals surface area contributed by atoms with Gasteiger partial charge in [0.15, 0.2) is 0 Å². The number of amides is 1. The Morgan fingerprint density at radius 3 is 2.76 bits per heavy atom. The predicted octanol–water partition coefficient (Wildman–Crippen LogP) is 1.39. The molecule has 0 saturated carbocycles. The molecule has 3 N–H and O–H groups in total. The summed E-state index contributed by atoms with van der Waals surface area (Å²) >= 11 is 0. The number of nitrogens with one attached hydrogen (secondary N) is 1. The first kappa shape index (κ1) is 12.1. The number of nitrogens with two attached hydrogens (primary N) is 1. The molecule has 92 valence electrons. The van der Waals surface area contributed by atoms with Crippen LogP contribution < -0.4 is 11.1 Å². The van der Waals surface area contributed by atoms with Crippen molar-refractivity contribution < 1.29 is 4.79 Å². The van der Waals surface area contributed by atoms with Gasteiger partial charge in [-0.05, 0) is 38.3 Å². The van der Waals surface area contributed by atoms with Crippen LogP contribution in [0.1, 0.15) is 24.0 Å². The van der Waals surface area contributed by atoms with E-state index in [0.717, 1.165) is 25.8 Å². The fraction of sp³-hybridized carbons (Fsp3) is 0.500. The van der Waals surface area contributed by atoms with Gasteiger partial charge in [-0.25, -0.2) is 0 Å². The lowest BCUT2D eigenvalue weighted by molar-refractivity contribution is -0.123. The van der Waals surface area contributed by atoms with Gasteiger partial charge in [0.2, 0.25) is 5.91 Å². The van der Waals surface area contributed by atoms with Crippen LogP contribution in [0.25, 0.3) is 0 Å². The summed E-state index contributed by atoms with van der Waals surface area (Å²) in [4.78, 5) is 11.4. The maximum absolute atomic E-state index is 11.4. The first-order chi connectivity index (χ1) is 8.16. The third-order valence-corrected chi connectivity index (χ3v) is 3.53. The molecule has 1 aromatic carbocycles. The first-order valence-corrected chi connectivity index (χ1v) is 6.25. The van der Waals surface area contributed by atoms with Gasteiger partial charge in [-0.15, -0.1) is 0 Å². The van der Waals surface area contributed by atoms with Gasteiger partial charge in [0, 0.05) is 6.04 Å². The number of rotatable bonds is 3. The maximum Gasteiger partial charge on any atom is 0.222 e. The monoisotopic (exact) mass is 232 g/mol. The molecule has 1 heterocycles. The molecule has 2 rings (SSSR count). The van der Waals surface area contributed by atoms with Crippen LogP contribution in [0.5, 0.6) is 0 Å². The molecule has 1 amide bonds. The lowest BCUT2D eigenvalue weighted by Gasteiger charge is -2.30. The number of aryl methyl sites for hydroxylation is 1. The van der Waals surface area contributed by atoms with Crippen molar-refractivity contribution in [3.8, 4) is 0 Å². The standard InChI is InChI=1S/C14H20N2O/c1-10-4-6-11(7-5-10)9-13-12(14(15)17)3-2-8-16-13/h4-7,12-13,16H,2-3,8-9H2,1H3,(H2,15,17). The van der Waals surface area contributed by atoms with E-state index in [9.17, 15) is 4.79 Å². The fourth-order valence-corrected chi connectivity index (χ4v) is 2.49. The van der Waals surface area contributed by atoms with Crippen LogP contribution in [0.4, 0.5) is 0 Å². The van der Waals surface area contributed by atoms with Gasteiger partial charge < -0.3 is 11.1 Å². The normalized spacial score (nSPS) is 24.5. The molecule has 0 radical (unpaired) electrons. The molecule has 0 aromatic heterocycles. The highest BCUT2D eigenvalue weighted by Gasteiger charge is 2.28. The summed E-state index contributed by atoms with van der Waals surface area (Å²) < 4.78 is 0. The second-order valence-electron chi connectivity index (χ2n) is 4.90. The Morgan fingerprint density at radius 1 is 1.41 bits per heavy atom. The molecule has 0 aliphatic carbocycles. The molecule has 3 nitrogen and oxygen atoms in total. The molecular weight excluding hydrogens is 212 g/mol. The lowest BCUT2D eigenvalue weighted by atomic mass is 9.86. The van der Waals surface area contributed by atoms with E-state index >= 15 is 0 Å². The molecule has 0 spiro atoms. The van der Waals surface area contributed by atoms with Crippen LogP contribution in [-0.2, 0) is 11.2 Å². The van der Waals surface area contributed by atoms with Crippen LogP contribution in [0.3, 0.4) is 0 Å². The first-order valence-electron chi connectivity index (χ1n) is 6.25. The number of primary amides is 1. The number of benzene rings is 1. The van der Waals surface area contributed by atoms with Crippen molar-refractivity contribution in [3.05, 3.63) is 35.4 Å². The maximum atomic E-state index is 11.4. The predicted molar refractivity (Wildman–Crippen MR) is 68.6 cm³/mol. The van der Waals surface area contributed by atoms with Gasteiger partial charge in [0.25, 0.3) is 0 Å². The molecule has 3 heteroatoms. The summed E-state index contributed by atoms with van der Waals surface area (Å²) in [6.07, 6.45) is 2.84. The minimum Gasteiger partial charge on any atom is -0.369 e. The van der Waals surface area contributed by atoms with E-state index in [4.69, 9.17) is 5.73 Å². The van der Waals surface area contributed by atoms with Crippen molar-refractivity contribution in [2.75, 3.05) is 6.54 Å². The highest BCUT2D eigenvalue weighted by molar-refractivity contribution is 5.77. The van der Waals surface area contributed by atoms with Crippen molar-refractivity contribution in [3.63, 3.8) is 0 Å². The fourth-order valence-electron chi connectivity index (χ4n) is 2.49. The number of hydrogen-bond donors (Lipinski definition) is 2. The Hall–Kier alpha value is -1.35. The van der Waals surface area contributed by atoms with Gasteiger partial charge in [0.1, 0.15) is 0 Å². The van der Waals surface area contributed by atoms with Crippen molar-refractivity contribution in [1.29, 1.82) is 0 Å². The van der Waals surface area contributed by atoms with E-state index in [-0.39, 0.29) is 17.9 Å². The SMILES string of the molecule is Cc1ccc(CC2NCCCC2C(N)=O)cc1. The zero-order chi connectivity index (χ0) is 12.3. The molecule has 17 heavy (non-hydrogen) atoms. The zero-order valence-electron chi connectivity index (χ0n) is 10.3. The summed E-state index contributed by atoms with van der Waals surface area (Å²) in [6.45, 7) is 3.06. The third-order valence-electron chi connectivity index (χ3n) is 3.53. The highest BCUT2D eigenvalue weighted by atomic mass is 16.1. The Balaban J connectivity index is 2.05. The number of carbonyl (C=O) groups is 1. The topological polar surface area (TPSA) is 55.1 Å². The Labute approximate surface area is 102 Å². The minimum atomic E-state index is -0.172. The van der Waals surface area contributed by atoms with Gasteiger partial charge >= 0.3 is 0 Å². The highest BCUT2D eigenvalue weighted by Crippen LogP contribution is 2.19.